The van der Waals surface area contributed by atoms with Crippen LogP contribution in [0.15, 0.2) is 28.9 Å². The highest BCUT2D eigenvalue weighted by Crippen LogP contribution is 2.17. The van der Waals surface area contributed by atoms with Crippen LogP contribution in [0.2, 0.25) is 0 Å². The minimum atomic E-state index is -3.22. The van der Waals surface area contributed by atoms with Gasteiger partial charge in [-0.3, -0.25) is 0 Å². The van der Waals surface area contributed by atoms with Crippen molar-refractivity contribution in [3.05, 3.63) is 28.9 Å². The molecule has 0 aliphatic carbocycles. The molecule has 0 unspecified atom stereocenters. The van der Waals surface area contributed by atoms with Gasteiger partial charge >= 0.3 is 0 Å². The molecule has 0 aromatic carbocycles. The quantitative estimate of drug-likeness (QED) is 0.207. The molecule has 0 rings (SSSR count). The average molecular weight is 309 g/mol. The van der Waals surface area contributed by atoms with E-state index in [1.807, 2.05) is 13.0 Å². The van der Waals surface area contributed by atoms with Crippen molar-refractivity contribution in [2.75, 3.05) is 11.6 Å². The van der Waals surface area contributed by atoms with E-state index in [1.165, 1.54) is 6.42 Å². The summed E-state index contributed by atoms with van der Waals surface area (Å²) >= 11 is 5.53. The van der Waals surface area contributed by atoms with Crippen LogP contribution >= 0.6 is 22.4 Å². The largest absolute Gasteiger partial charge is 0.230 e. The molecule has 0 saturated carbocycles. The van der Waals surface area contributed by atoms with Gasteiger partial charge in [-0.25, -0.2) is 8.42 Å². The van der Waals surface area contributed by atoms with Crippen molar-refractivity contribution in [3.63, 3.8) is 0 Å². The van der Waals surface area contributed by atoms with E-state index in [-0.39, 0.29) is 0 Å². The van der Waals surface area contributed by atoms with Gasteiger partial charge in [0.2, 0.25) is 8.87 Å². The van der Waals surface area contributed by atoms with Crippen LogP contribution in [0.3, 0.4) is 0 Å². The van der Waals surface area contributed by atoms with E-state index >= 15 is 0 Å². The van der Waals surface area contributed by atoms with E-state index in [0.717, 1.165) is 41.0 Å². The van der Waals surface area contributed by atoms with Crippen LogP contribution in [0, 0.1) is 0 Å². The minimum Gasteiger partial charge on any atom is -0.212 e. The lowest BCUT2D eigenvalue weighted by Crippen LogP contribution is -1.91. The molecule has 0 aromatic heterocycles. The van der Waals surface area contributed by atoms with E-state index in [0.29, 0.717) is 11.6 Å². The van der Waals surface area contributed by atoms with Gasteiger partial charge in [0.15, 0.2) is 0 Å². The summed E-state index contributed by atoms with van der Waals surface area (Å²) in [6.45, 7) is 4.01. The Morgan fingerprint density at radius 3 is 2.72 bits per heavy atom. The van der Waals surface area contributed by atoms with Crippen molar-refractivity contribution >= 4 is 31.3 Å². The van der Waals surface area contributed by atoms with E-state index in [4.69, 9.17) is 11.6 Å². The molecule has 5 heteroatoms. The van der Waals surface area contributed by atoms with Crippen molar-refractivity contribution in [3.8, 4) is 0 Å². The zero-order chi connectivity index (χ0) is 13.9. The Morgan fingerprint density at radius 1 is 1.39 bits per heavy atom. The highest BCUT2D eigenvalue weighted by atomic mass is 35.5. The standard InChI is InChI=1S/C13H21ClO2S2/c1-3-4-5-6-7-8-11-18(15,16)17-12-13(2)9-10-14/h7,9,11H,3-6,10,12H2,1-2H3/b13-9-. The van der Waals surface area contributed by atoms with Gasteiger partial charge in [0.25, 0.3) is 0 Å². The maximum absolute atomic E-state index is 11.6. The van der Waals surface area contributed by atoms with Crippen LogP contribution in [0.5, 0.6) is 0 Å². The molecule has 0 radical (unpaired) electrons. The Balaban J connectivity index is 4.14. The highest BCUT2D eigenvalue weighted by Gasteiger charge is 2.06. The summed E-state index contributed by atoms with van der Waals surface area (Å²) in [5.74, 6) is 0.864. The Hall–Kier alpha value is -0.150. The molecule has 0 heterocycles. The Labute approximate surface area is 120 Å². The van der Waals surface area contributed by atoms with Crippen LogP contribution in [-0.4, -0.2) is 20.1 Å². The second-order valence-corrected chi connectivity index (χ2v) is 8.10. The van der Waals surface area contributed by atoms with E-state index < -0.39 is 8.87 Å². The molecule has 0 bridgehead atoms. The van der Waals surface area contributed by atoms with Crippen LogP contribution in [0.25, 0.3) is 0 Å². The van der Waals surface area contributed by atoms with Gasteiger partial charge in [-0.05, 0) is 36.6 Å². The molecule has 2 nitrogen and oxygen atoms in total. The number of unbranched alkanes of at least 4 members (excludes halogenated alkanes) is 3. The summed E-state index contributed by atoms with van der Waals surface area (Å²) in [4.78, 5) is 0. The minimum absolute atomic E-state index is 0.416. The highest BCUT2D eigenvalue weighted by molar-refractivity contribution is 8.73. The van der Waals surface area contributed by atoms with Gasteiger partial charge in [0.05, 0.1) is 5.41 Å². The first kappa shape index (κ1) is 17.8. The monoisotopic (exact) mass is 308 g/mol. The van der Waals surface area contributed by atoms with Crippen LogP contribution < -0.4 is 0 Å². The number of hydrogen-bond acceptors (Lipinski definition) is 3. The van der Waals surface area contributed by atoms with Crippen molar-refractivity contribution in [2.24, 2.45) is 0 Å². The summed E-state index contributed by atoms with van der Waals surface area (Å²) in [5, 5.41) is 1.15. The van der Waals surface area contributed by atoms with Crippen molar-refractivity contribution in [2.45, 2.75) is 39.5 Å². The normalized spacial score (nSPS) is 12.1. The molecular weight excluding hydrogens is 288 g/mol. The molecule has 0 spiro atoms. The summed E-state index contributed by atoms with van der Waals surface area (Å²) < 4.78 is 23.2. The van der Waals surface area contributed by atoms with E-state index in [1.54, 1.807) is 6.08 Å². The fraction of sp³-hybridized carbons (Fsp3) is 0.615. The first-order valence-electron chi connectivity index (χ1n) is 6.03. The molecule has 0 saturated heterocycles. The van der Waals surface area contributed by atoms with Gasteiger partial charge in [0.1, 0.15) is 0 Å². The molecule has 0 aliphatic heterocycles. The molecule has 0 atom stereocenters. The van der Waals surface area contributed by atoms with Gasteiger partial charge in [-0.1, -0.05) is 31.4 Å². The van der Waals surface area contributed by atoms with Gasteiger partial charge in [-0.2, -0.15) is 0 Å². The number of rotatable bonds is 9. The third-order valence-corrected chi connectivity index (χ3v) is 5.27. The van der Waals surface area contributed by atoms with Gasteiger partial charge in [0, 0.05) is 11.6 Å². The third-order valence-electron chi connectivity index (χ3n) is 2.16. The van der Waals surface area contributed by atoms with Crippen LogP contribution in [0.1, 0.15) is 39.5 Å². The summed E-state index contributed by atoms with van der Waals surface area (Å²) in [6.07, 6.45) is 7.90. The molecule has 0 aliphatic rings. The van der Waals surface area contributed by atoms with Gasteiger partial charge in [-0.15, -0.1) is 17.3 Å². The fourth-order valence-electron chi connectivity index (χ4n) is 1.11. The summed E-state index contributed by atoms with van der Waals surface area (Å²) in [7, 11) is -2.32. The second kappa shape index (κ2) is 10.7. The predicted molar refractivity (Wildman–Crippen MR) is 82.6 cm³/mol. The zero-order valence-corrected chi connectivity index (χ0v) is 13.4. The Morgan fingerprint density at radius 2 is 2.11 bits per heavy atom. The van der Waals surface area contributed by atoms with E-state index in [9.17, 15) is 8.42 Å². The SMILES string of the molecule is CCCCCC=C=CS(=O)(=O)SC/C(C)=C\CCl. The third kappa shape index (κ3) is 11.0. The molecule has 18 heavy (non-hydrogen) atoms. The number of allylic oxidation sites excluding steroid dienone is 2. The maximum atomic E-state index is 11.6. The van der Waals surface area contributed by atoms with E-state index in [2.05, 4.69) is 12.7 Å². The maximum Gasteiger partial charge on any atom is 0.230 e. The van der Waals surface area contributed by atoms with Crippen molar-refractivity contribution in [1.82, 2.24) is 0 Å². The second-order valence-electron chi connectivity index (χ2n) is 3.94. The predicted octanol–water partition coefficient (Wildman–Crippen LogP) is 4.48. The molecular formula is C13H21ClO2S2. The molecule has 0 aromatic rings. The Bertz CT molecular complexity index is 405. The van der Waals surface area contributed by atoms with Crippen LogP contribution in [-0.2, 0) is 8.87 Å². The molecule has 0 amide bonds. The summed E-state index contributed by atoms with van der Waals surface area (Å²) in [6, 6.07) is 0. The lowest BCUT2D eigenvalue weighted by Gasteiger charge is -1.98. The van der Waals surface area contributed by atoms with Crippen molar-refractivity contribution in [1.29, 1.82) is 0 Å². The topological polar surface area (TPSA) is 34.1 Å². The van der Waals surface area contributed by atoms with Crippen LogP contribution in [0.4, 0.5) is 0 Å². The van der Waals surface area contributed by atoms with Crippen molar-refractivity contribution < 1.29 is 8.42 Å². The molecule has 104 valence electrons. The summed E-state index contributed by atoms with van der Waals surface area (Å²) in [5.41, 5.74) is 3.71. The zero-order valence-electron chi connectivity index (χ0n) is 11.0. The lowest BCUT2D eigenvalue weighted by atomic mass is 10.2. The number of hydrogen-bond donors (Lipinski definition) is 0. The molecule has 0 N–H and O–H groups in total. The first-order valence-corrected chi connectivity index (χ1v) is 9.62. The Kier molecular flexibility index (Phi) is 10.7. The molecule has 0 fully saturated rings. The lowest BCUT2D eigenvalue weighted by molar-refractivity contribution is 0.618. The number of halogens is 1. The van der Waals surface area contributed by atoms with Gasteiger partial charge < -0.3 is 0 Å². The number of alkyl halides is 1. The first-order chi connectivity index (χ1) is 8.52. The smallest absolute Gasteiger partial charge is 0.212 e. The average Bonchev–Trinajstić information content (AvgIpc) is 2.32. The fourth-order valence-corrected chi connectivity index (χ4v) is 3.59.